The number of carbonyl (C=O) groups excluding carboxylic acids is 2. The predicted octanol–water partition coefficient (Wildman–Crippen LogP) is 4.53. The quantitative estimate of drug-likeness (QED) is 0.602. The Kier molecular flexibility index (Phi) is 5.47. The Balaban J connectivity index is 1.58. The molecule has 0 aliphatic heterocycles. The van der Waals surface area contributed by atoms with Gasteiger partial charge in [0.05, 0.1) is 16.8 Å². The van der Waals surface area contributed by atoms with E-state index in [9.17, 15) is 9.59 Å². The van der Waals surface area contributed by atoms with Crippen LogP contribution in [0, 0.1) is 13.8 Å². The lowest BCUT2D eigenvalue weighted by Crippen LogP contribution is -2.26. The molecule has 26 heavy (non-hydrogen) atoms. The van der Waals surface area contributed by atoms with Crippen LogP contribution in [0.3, 0.4) is 0 Å². The molecule has 0 atom stereocenters. The molecule has 0 saturated carbocycles. The highest BCUT2D eigenvalue weighted by molar-refractivity contribution is 7.18. The van der Waals surface area contributed by atoms with Crippen LogP contribution >= 0.6 is 11.3 Å². The number of ketones is 1. The van der Waals surface area contributed by atoms with Crippen molar-refractivity contribution in [2.24, 2.45) is 0 Å². The maximum absolute atomic E-state index is 12.4. The Labute approximate surface area is 157 Å². The molecule has 2 aromatic carbocycles. The zero-order valence-corrected chi connectivity index (χ0v) is 16.1. The Morgan fingerprint density at radius 1 is 1.08 bits per heavy atom. The van der Waals surface area contributed by atoms with Crippen LogP contribution in [-0.4, -0.2) is 28.6 Å². The summed E-state index contributed by atoms with van der Waals surface area (Å²) in [5, 5.41) is 0.905. The molecule has 0 N–H and O–H groups in total. The number of hydrogen-bond acceptors (Lipinski definition) is 4. The molecule has 0 bridgehead atoms. The van der Waals surface area contributed by atoms with E-state index in [0.29, 0.717) is 12.1 Å². The summed E-state index contributed by atoms with van der Waals surface area (Å²) < 4.78 is 1.12. The molecule has 5 heteroatoms. The first kappa shape index (κ1) is 18.3. The van der Waals surface area contributed by atoms with E-state index in [2.05, 4.69) is 4.98 Å². The van der Waals surface area contributed by atoms with Crippen molar-refractivity contribution in [3.63, 3.8) is 0 Å². The van der Waals surface area contributed by atoms with Crippen molar-refractivity contribution in [1.82, 2.24) is 9.88 Å². The molecule has 0 radical (unpaired) electrons. The zero-order valence-electron chi connectivity index (χ0n) is 15.3. The van der Waals surface area contributed by atoms with E-state index < -0.39 is 0 Å². The van der Waals surface area contributed by atoms with Crippen LogP contribution in [0.5, 0.6) is 0 Å². The van der Waals surface area contributed by atoms with Crippen molar-refractivity contribution >= 4 is 33.2 Å². The molecule has 134 valence electrons. The minimum atomic E-state index is -0.0390. The molecule has 1 amide bonds. The van der Waals surface area contributed by atoms with Gasteiger partial charge in [0.25, 0.3) is 0 Å². The van der Waals surface area contributed by atoms with Crippen LogP contribution < -0.4 is 0 Å². The number of thiazole rings is 1. The Hall–Kier alpha value is -2.53. The van der Waals surface area contributed by atoms with Crippen LogP contribution in [0.25, 0.3) is 10.2 Å². The van der Waals surface area contributed by atoms with Gasteiger partial charge >= 0.3 is 0 Å². The maximum Gasteiger partial charge on any atom is 0.223 e. The van der Waals surface area contributed by atoms with Crippen LogP contribution in [0.4, 0.5) is 0 Å². The van der Waals surface area contributed by atoms with Crippen molar-refractivity contribution in [2.45, 2.75) is 33.2 Å². The first-order valence-corrected chi connectivity index (χ1v) is 9.44. The molecular formula is C21H22N2O2S. The zero-order chi connectivity index (χ0) is 18.7. The summed E-state index contributed by atoms with van der Waals surface area (Å²) in [6.45, 7) is 4.36. The van der Waals surface area contributed by atoms with Gasteiger partial charge in [0.15, 0.2) is 5.78 Å². The largest absolute Gasteiger partial charge is 0.339 e. The molecule has 3 rings (SSSR count). The number of Topliss-reactive ketones (excluding diaryl/α,β-unsaturated/α-hetero) is 1. The third kappa shape index (κ3) is 4.17. The number of aryl methyl sites for hydroxylation is 2. The van der Waals surface area contributed by atoms with Gasteiger partial charge in [-0.3, -0.25) is 9.59 Å². The van der Waals surface area contributed by atoms with E-state index in [1.165, 1.54) is 0 Å². The highest BCUT2D eigenvalue weighted by Gasteiger charge is 2.16. The normalized spacial score (nSPS) is 10.9. The average molecular weight is 366 g/mol. The van der Waals surface area contributed by atoms with E-state index >= 15 is 0 Å². The monoisotopic (exact) mass is 366 g/mol. The lowest BCUT2D eigenvalue weighted by molar-refractivity contribution is -0.130. The number of carbonyl (C=O) groups is 2. The number of rotatable bonds is 6. The smallest absolute Gasteiger partial charge is 0.223 e. The predicted molar refractivity (Wildman–Crippen MR) is 106 cm³/mol. The molecule has 1 aromatic heterocycles. The summed E-state index contributed by atoms with van der Waals surface area (Å²) >= 11 is 1.60. The van der Waals surface area contributed by atoms with Gasteiger partial charge in [0.1, 0.15) is 5.01 Å². The number of hydrogen-bond donors (Lipinski definition) is 0. The van der Waals surface area contributed by atoms with Gasteiger partial charge in [-0.25, -0.2) is 4.98 Å². The highest BCUT2D eigenvalue weighted by atomic mass is 32.1. The van der Waals surface area contributed by atoms with Crippen LogP contribution in [0.1, 0.15) is 39.3 Å². The number of amides is 1. The molecule has 4 nitrogen and oxygen atoms in total. The fraction of sp³-hybridized carbons (Fsp3) is 0.286. The van der Waals surface area contributed by atoms with Gasteiger partial charge < -0.3 is 4.90 Å². The summed E-state index contributed by atoms with van der Waals surface area (Å²) in [7, 11) is 1.76. The van der Waals surface area contributed by atoms with Crippen molar-refractivity contribution in [1.29, 1.82) is 0 Å². The summed E-state index contributed by atoms with van der Waals surface area (Å²) in [6.07, 6.45) is 0.445. The van der Waals surface area contributed by atoms with Crippen LogP contribution in [0.15, 0.2) is 42.5 Å². The van der Waals surface area contributed by atoms with E-state index in [4.69, 9.17) is 0 Å². The molecule has 0 aliphatic carbocycles. The molecule has 0 fully saturated rings. The van der Waals surface area contributed by atoms with Crippen LogP contribution in [-0.2, 0) is 11.3 Å². The summed E-state index contributed by atoms with van der Waals surface area (Å²) in [5.41, 5.74) is 3.68. The second-order valence-corrected chi connectivity index (χ2v) is 7.68. The average Bonchev–Trinajstić information content (AvgIpc) is 3.03. The minimum Gasteiger partial charge on any atom is -0.339 e. The lowest BCUT2D eigenvalue weighted by Gasteiger charge is -2.15. The molecule has 0 spiro atoms. The van der Waals surface area contributed by atoms with Gasteiger partial charge in [-0.2, -0.15) is 0 Å². The number of para-hydroxylation sites is 1. The van der Waals surface area contributed by atoms with Gasteiger partial charge in [0.2, 0.25) is 5.91 Å². The summed E-state index contributed by atoms with van der Waals surface area (Å²) in [6, 6.07) is 13.8. The standard InChI is InChI=1S/C21H22N2O2S/c1-14-8-9-15(2)16(12-14)18(24)10-11-21(25)23(3)13-20-22-17-6-4-5-7-19(17)26-20/h4-9,12H,10-11,13H2,1-3H3. The second kappa shape index (κ2) is 7.79. The van der Waals surface area contributed by atoms with E-state index in [1.807, 2.05) is 56.3 Å². The Bertz CT molecular complexity index is 929. The third-order valence-electron chi connectivity index (χ3n) is 4.40. The van der Waals surface area contributed by atoms with E-state index in [0.717, 1.165) is 26.4 Å². The van der Waals surface area contributed by atoms with Crippen molar-refractivity contribution in [3.8, 4) is 0 Å². The lowest BCUT2D eigenvalue weighted by atomic mass is 9.99. The van der Waals surface area contributed by atoms with Crippen molar-refractivity contribution in [3.05, 3.63) is 64.2 Å². The van der Waals surface area contributed by atoms with Crippen molar-refractivity contribution < 1.29 is 9.59 Å². The van der Waals surface area contributed by atoms with Crippen molar-refractivity contribution in [2.75, 3.05) is 7.05 Å². The van der Waals surface area contributed by atoms with Gasteiger partial charge in [-0.15, -0.1) is 11.3 Å². The second-order valence-electron chi connectivity index (χ2n) is 6.57. The molecule has 0 aliphatic rings. The molecule has 3 aromatic rings. The van der Waals surface area contributed by atoms with E-state index in [1.54, 1.807) is 23.3 Å². The first-order chi connectivity index (χ1) is 12.4. The van der Waals surface area contributed by atoms with Gasteiger partial charge in [-0.05, 0) is 37.6 Å². The molecule has 0 unspecified atom stereocenters. The topological polar surface area (TPSA) is 50.3 Å². The SMILES string of the molecule is Cc1ccc(C)c(C(=O)CCC(=O)N(C)Cc2nc3ccccc3s2)c1. The Morgan fingerprint density at radius 3 is 2.62 bits per heavy atom. The Morgan fingerprint density at radius 2 is 1.85 bits per heavy atom. The van der Waals surface area contributed by atoms with Gasteiger partial charge in [0, 0.05) is 25.5 Å². The highest BCUT2D eigenvalue weighted by Crippen LogP contribution is 2.22. The van der Waals surface area contributed by atoms with E-state index in [-0.39, 0.29) is 24.5 Å². The summed E-state index contributed by atoms with van der Waals surface area (Å²) in [4.78, 5) is 31.0. The summed E-state index contributed by atoms with van der Waals surface area (Å²) in [5.74, 6) is -0.0177. The first-order valence-electron chi connectivity index (χ1n) is 8.63. The molecular weight excluding hydrogens is 344 g/mol. The number of benzene rings is 2. The molecule has 0 saturated heterocycles. The maximum atomic E-state index is 12.4. The minimum absolute atomic E-state index is 0.0212. The third-order valence-corrected chi connectivity index (χ3v) is 5.42. The number of aromatic nitrogens is 1. The van der Waals surface area contributed by atoms with Crippen LogP contribution in [0.2, 0.25) is 0 Å². The number of nitrogens with zero attached hydrogens (tertiary/aromatic N) is 2. The van der Waals surface area contributed by atoms with Gasteiger partial charge in [-0.1, -0.05) is 29.8 Å². The fourth-order valence-electron chi connectivity index (χ4n) is 2.86. The fourth-order valence-corrected chi connectivity index (χ4v) is 3.88. The molecule has 1 heterocycles. The number of fused-ring (bicyclic) bond motifs is 1.